The lowest BCUT2D eigenvalue weighted by Crippen LogP contribution is -1.88. The molecule has 0 spiro atoms. The number of aliphatic imine (C=N–C) groups is 1. The van der Waals surface area contributed by atoms with Crippen molar-refractivity contribution in [3.8, 4) is 0 Å². The molecule has 2 aromatic rings. The minimum absolute atomic E-state index is 0.446. The van der Waals surface area contributed by atoms with Gasteiger partial charge in [-0.3, -0.25) is 0 Å². The first kappa shape index (κ1) is 11.4. The summed E-state index contributed by atoms with van der Waals surface area (Å²) in [5, 5.41) is 0.446. The maximum atomic E-state index is 6.85. The highest BCUT2D eigenvalue weighted by Crippen LogP contribution is 2.20. The number of halogens is 1. The van der Waals surface area contributed by atoms with Gasteiger partial charge in [0.1, 0.15) is 5.17 Å². The molecule has 0 aliphatic rings. The fraction of sp³-hybridized carbons (Fsp3) is 0. The van der Waals surface area contributed by atoms with Crippen molar-refractivity contribution < 1.29 is 0 Å². The molecule has 0 atom stereocenters. The van der Waals surface area contributed by atoms with E-state index < -0.39 is 0 Å². The van der Waals surface area contributed by atoms with Gasteiger partial charge in [-0.15, -0.1) is 0 Å². The molecule has 0 radical (unpaired) electrons. The van der Waals surface area contributed by atoms with Gasteiger partial charge in [-0.05, 0) is 12.1 Å². The van der Waals surface area contributed by atoms with Crippen LogP contribution in [0.15, 0.2) is 59.6 Å². The quantitative estimate of drug-likeness (QED) is 0.541. The van der Waals surface area contributed by atoms with E-state index in [0.717, 1.165) is 11.3 Å². The van der Waals surface area contributed by atoms with E-state index in [0.29, 0.717) is 10.9 Å². The summed E-state index contributed by atoms with van der Waals surface area (Å²) in [6, 6.07) is 16.6. The Kier molecular flexibility index (Phi) is 3.54. The molecule has 0 aliphatic heterocycles. The Bertz CT molecular complexity index is 565. The zero-order valence-electron chi connectivity index (χ0n) is 8.97. The highest BCUT2D eigenvalue weighted by molar-refractivity contribution is 6.69. The third-order valence-corrected chi connectivity index (χ3v) is 2.52. The van der Waals surface area contributed by atoms with Gasteiger partial charge in [-0.1, -0.05) is 54.1 Å². The zero-order chi connectivity index (χ0) is 12.1. The van der Waals surface area contributed by atoms with Gasteiger partial charge in [0.2, 0.25) is 0 Å². The molecule has 2 rings (SSSR count). The molecule has 0 bridgehead atoms. The second-order valence-corrected chi connectivity index (χ2v) is 3.75. The SMILES string of the molecule is [C-]#[N+]c1ccc(N=C(Cl)c2ccccc2)cc1. The molecule has 0 unspecified atom stereocenters. The van der Waals surface area contributed by atoms with Crippen LogP contribution in [-0.2, 0) is 0 Å². The molecule has 82 valence electrons. The van der Waals surface area contributed by atoms with E-state index in [1.54, 1.807) is 24.3 Å². The average Bonchev–Trinajstić information content (AvgIpc) is 2.40. The standard InChI is InChI=1S/C14H9ClN2/c1-16-12-7-9-13(10-8-12)17-14(15)11-5-3-2-4-6-11/h2-10H. The second-order valence-electron chi connectivity index (χ2n) is 3.40. The number of hydrogen-bond acceptors (Lipinski definition) is 1. The number of nitrogens with zero attached hydrogens (tertiary/aromatic N) is 2. The fourth-order valence-corrected chi connectivity index (χ4v) is 1.58. The molecular formula is C14H9ClN2. The molecule has 17 heavy (non-hydrogen) atoms. The predicted molar refractivity (Wildman–Crippen MR) is 71.2 cm³/mol. The van der Waals surface area contributed by atoms with E-state index >= 15 is 0 Å². The lowest BCUT2D eigenvalue weighted by atomic mass is 10.2. The van der Waals surface area contributed by atoms with E-state index in [9.17, 15) is 0 Å². The van der Waals surface area contributed by atoms with Crippen molar-refractivity contribution in [2.45, 2.75) is 0 Å². The second kappa shape index (κ2) is 5.29. The lowest BCUT2D eigenvalue weighted by molar-refractivity contribution is 1.52. The van der Waals surface area contributed by atoms with Crippen LogP contribution in [0.5, 0.6) is 0 Å². The molecule has 0 amide bonds. The lowest BCUT2D eigenvalue weighted by Gasteiger charge is -1.98. The summed E-state index contributed by atoms with van der Waals surface area (Å²) < 4.78 is 0. The molecule has 2 nitrogen and oxygen atoms in total. The molecule has 0 saturated carbocycles. The summed E-state index contributed by atoms with van der Waals surface area (Å²) in [4.78, 5) is 7.60. The maximum Gasteiger partial charge on any atom is 0.187 e. The highest BCUT2D eigenvalue weighted by Gasteiger charge is 1.99. The van der Waals surface area contributed by atoms with Crippen LogP contribution >= 0.6 is 11.6 Å². The van der Waals surface area contributed by atoms with Gasteiger partial charge in [-0.25, -0.2) is 9.84 Å². The van der Waals surface area contributed by atoms with Gasteiger partial charge in [0, 0.05) is 5.56 Å². The average molecular weight is 241 g/mol. The van der Waals surface area contributed by atoms with E-state index in [-0.39, 0.29) is 0 Å². The van der Waals surface area contributed by atoms with Crippen molar-refractivity contribution in [3.63, 3.8) is 0 Å². The molecule has 2 aromatic carbocycles. The third-order valence-electron chi connectivity index (χ3n) is 2.22. The van der Waals surface area contributed by atoms with E-state index in [4.69, 9.17) is 18.2 Å². The smallest absolute Gasteiger partial charge is 0.187 e. The molecule has 0 aliphatic carbocycles. The van der Waals surface area contributed by atoms with Crippen LogP contribution in [0.1, 0.15) is 5.56 Å². The minimum Gasteiger partial charge on any atom is -0.238 e. The summed E-state index contributed by atoms with van der Waals surface area (Å²) in [7, 11) is 0. The minimum atomic E-state index is 0.446. The third kappa shape index (κ3) is 2.93. The Morgan fingerprint density at radius 3 is 2.24 bits per heavy atom. The van der Waals surface area contributed by atoms with E-state index in [1.807, 2.05) is 30.3 Å². The van der Waals surface area contributed by atoms with Gasteiger partial charge in [0.15, 0.2) is 5.69 Å². The largest absolute Gasteiger partial charge is 0.238 e. The first-order chi connectivity index (χ1) is 8.29. The van der Waals surface area contributed by atoms with Gasteiger partial charge in [-0.2, -0.15) is 0 Å². The normalized spacial score (nSPS) is 10.9. The first-order valence-corrected chi connectivity index (χ1v) is 5.44. The summed E-state index contributed by atoms with van der Waals surface area (Å²) in [6.45, 7) is 6.85. The molecule has 0 fully saturated rings. The fourth-order valence-electron chi connectivity index (χ4n) is 1.36. The van der Waals surface area contributed by atoms with Gasteiger partial charge in [0.05, 0.1) is 12.3 Å². The maximum absolute atomic E-state index is 6.85. The van der Waals surface area contributed by atoms with Gasteiger partial charge < -0.3 is 0 Å². The van der Waals surface area contributed by atoms with Gasteiger partial charge >= 0.3 is 0 Å². The Hall–Kier alpha value is -2.11. The number of rotatable bonds is 2. The van der Waals surface area contributed by atoms with Crippen LogP contribution in [0.4, 0.5) is 11.4 Å². The molecule has 3 heteroatoms. The van der Waals surface area contributed by atoms with Crippen molar-refractivity contribution in [2.24, 2.45) is 4.99 Å². The van der Waals surface area contributed by atoms with Crippen LogP contribution in [-0.4, -0.2) is 5.17 Å². The Labute approximate surface area is 105 Å². The monoisotopic (exact) mass is 240 g/mol. The zero-order valence-corrected chi connectivity index (χ0v) is 9.72. The van der Waals surface area contributed by atoms with Crippen molar-refractivity contribution in [1.82, 2.24) is 0 Å². The highest BCUT2D eigenvalue weighted by atomic mass is 35.5. The van der Waals surface area contributed by atoms with E-state index in [1.165, 1.54) is 0 Å². The van der Waals surface area contributed by atoms with E-state index in [2.05, 4.69) is 9.84 Å². The number of benzene rings is 2. The molecule has 0 aromatic heterocycles. The number of hydrogen-bond donors (Lipinski definition) is 0. The van der Waals surface area contributed by atoms with Crippen LogP contribution in [0.3, 0.4) is 0 Å². The Balaban J connectivity index is 2.27. The van der Waals surface area contributed by atoms with Crippen molar-refractivity contribution in [1.29, 1.82) is 0 Å². The topological polar surface area (TPSA) is 16.7 Å². The first-order valence-electron chi connectivity index (χ1n) is 5.07. The van der Waals surface area contributed by atoms with Crippen LogP contribution in [0.25, 0.3) is 4.85 Å². The van der Waals surface area contributed by atoms with Crippen molar-refractivity contribution >= 4 is 28.1 Å². The van der Waals surface area contributed by atoms with Gasteiger partial charge in [0.25, 0.3) is 0 Å². The summed E-state index contributed by atoms with van der Waals surface area (Å²) in [5.41, 5.74) is 2.22. The molecule has 0 saturated heterocycles. The Morgan fingerprint density at radius 2 is 1.65 bits per heavy atom. The molecular weight excluding hydrogens is 232 g/mol. The van der Waals surface area contributed by atoms with Crippen LogP contribution < -0.4 is 0 Å². The summed E-state index contributed by atoms with van der Waals surface area (Å²) in [5.74, 6) is 0. The van der Waals surface area contributed by atoms with Crippen molar-refractivity contribution in [3.05, 3.63) is 71.6 Å². The van der Waals surface area contributed by atoms with Crippen LogP contribution in [0, 0.1) is 6.57 Å². The predicted octanol–water partition coefficient (Wildman–Crippen LogP) is 4.55. The van der Waals surface area contributed by atoms with Crippen LogP contribution in [0.2, 0.25) is 0 Å². The van der Waals surface area contributed by atoms with Crippen molar-refractivity contribution in [2.75, 3.05) is 0 Å². The molecule has 0 N–H and O–H groups in total. The summed E-state index contributed by atoms with van der Waals surface area (Å²) >= 11 is 6.10. The summed E-state index contributed by atoms with van der Waals surface area (Å²) in [6.07, 6.45) is 0. The molecule has 0 heterocycles. The Morgan fingerprint density at radius 1 is 1.00 bits per heavy atom.